The Balaban J connectivity index is 1.20. The fraction of sp³-hybridized carbons (Fsp3) is 0. The fourth-order valence-electron chi connectivity index (χ4n) is 7.58. The van der Waals surface area contributed by atoms with Crippen molar-refractivity contribution in [3.8, 4) is 11.1 Å². The van der Waals surface area contributed by atoms with Gasteiger partial charge in [0.25, 0.3) is 0 Å². The number of rotatable bonds is 4. The first-order valence-corrected chi connectivity index (χ1v) is 17.2. The molecular weight excluding hydrogens is 599 g/mol. The zero-order chi connectivity index (χ0) is 31.6. The third-order valence-electron chi connectivity index (χ3n) is 9.80. The first kappa shape index (κ1) is 27.2. The van der Waals surface area contributed by atoms with Gasteiger partial charge in [-0.25, -0.2) is 0 Å². The van der Waals surface area contributed by atoms with Crippen LogP contribution in [0.3, 0.4) is 0 Å². The fourth-order valence-corrected chi connectivity index (χ4v) is 8.75. The maximum absolute atomic E-state index is 2.42. The maximum atomic E-state index is 2.42. The molecule has 0 N–H and O–H groups in total. The Morgan fingerprint density at radius 2 is 0.917 bits per heavy atom. The van der Waals surface area contributed by atoms with Gasteiger partial charge in [-0.2, -0.15) is 0 Å². The Morgan fingerprint density at radius 3 is 1.71 bits per heavy atom. The van der Waals surface area contributed by atoms with Crippen molar-refractivity contribution in [2.24, 2.45) is 0 Å². The van der Waals surface area contributed by atoms with Gasteiger partial charge in [0.2, 0.25) is 0 Å². The van der Waals surface area contributed by atoms with E-state index in [-0.39, 0.29) is 0 Å². The molecule has 1 aromatic heterocycles. The molecule has 0 unspecified atom stereocenters. The molecule has 0 amide bonds. The van der Waals surface area contributed by atoms with Crippen LogP contribution < -0.4 is 4.90 Å². The molecule has 10 aromatic rings. The Hall–Kier alpha value is -5.96. The van der Waals surface area contributed by atoms with E-state index in [1.165, 1.54) is 74.4 Å². The summed E-state index contributed by atoms with van der Waals surface area (Å²) in [6.45, 7) is 0. The lowest BCUT2D eigenvalue weighted by Crippen LogP contribution is -2.10. The predicted molar refractivity (Wildman–Crippen MR) is 209 cm³/mol. The molecule has 1 nitrogen and oxygen atoms in total. The molecule has 0 bridgehead atoms. The molecule has 0 aliphatic heterocycles. The highest BCUT2D eigenvalue weighted by atomic mass is 32.1. The Kier molecular flexibility index (Phi) is 6.12. The van der Waals surface area contributed by atoms with Gasteiger partial charge in [0.1, 0.15) is 0 Å². The summed E-state index contributed by atoms with van der Waals surface area (Å²) in [5, 5.41) is 12.8. The summed E-state index contributed by atoms with van der Waals surface area (Å²) in [5.41, 5.74) is 5.96. The Labute approximate surface area is 282 Å². The highest BCUT2D eigenvalue weighted by Crippen LogP contribution is 2.46. The van der Waals surface area contributed by atoms with Crippen LogP contribution in [0, 0.1) is 0 Å². The van der Waals surface area contributed by atoms with Gasteiger partial charge < -0.3 is 4.90 Å². The number of anilines is 3. The molecule has 48 heavy (non-hydrogen) atoms. The largest absolute Gasteiger partial charge is 0.310 e. The van der Waals surface area contributed by atoms with E-state index in [1.54, 1.807) is 0 Å². The smallest absolute Gasteiger partial charge is 0.0540 e. The van der Waals surface area contributed by atoms with Gasteiger partial charge in [-0.1, -0.05) is 127 Å². The summed E-state index contributed by atoms with van der Waals surface area (Å²) in [6, 6.07) is 64.5. The normalized spacial score (nSPS) is 11.8. The second-order valence-corrected chi connectivity index (χ2v) is 13.6. The first-order chi connectivity index (χ1) is 23.8. The van der Waals surface area contributed by atoms with Crippen molar-refractivity contribution >= 4 is 91.7 Å². The van der Waals surface area contributed by atoms with Gasteiger partial charge in [0, 0.05) is 36.9 Å². The molecule has 0 aliphatic rings. The highest BCUT2D eigenvalue weighted by molar-refractivity contribution is 7.25. The molecule has 0 radical (unpaired) electrons. The van der Waals surface area contributed by atoms with E-state index < -0.39 is 0 Å². The van der Waals surface area contributed by atoms with Crippen molar-refractivity contribution in [1.82, 2.24) is 0 Å². The molecule has 0 atom stereocenters. The van der Waals surface area contributed by atoms with Crippen molar-refractivity contribution in [3.05, 3.63) is 176 Å². The molecule has 0 fully saturated rings. The topological polar surface area (TPSA) is 3.24 Å². The van der Waals surface area contributed by atoms with E-state index in [0.29, 0.717) is 0 Å². The SMILES string of the molecule is c1ccc(N(c2ccc3c(c2)sc2cc4ccccc4cc23)c2ccc(-c3cc4ccccc4c4ccccc34)c3ccccc23)cc1. The number of hydrogen-bond acceptors (Lipinski definition) is 2. The summed E-state index contributed by atoms with van der Waals surface area (Å²) >= 11 is 1.88. The Morgan fingerprint density at radius 1 is 0.312 bits per heavy atom. The average molecular weight is 628 g/mol. The van der Waals surface area contributed by atoms with Crippen LogP contribution in [0.25, 0.3) is 74.4 Å². The molecule has 224 valence electrons. The van der Waals surface area contributed by atoms with Gasteiger partial charge in [-0.15, -0.1) is 11.3 Å². The second kappa shape index (κ2) is 10.8. The summed E-state index contributed by atoms with van der Waals surface area (Å²) in [7, 11) is 0. The zero-order valence-corrected chi connectivity index (χ0v) is 26.9. The van der Waals surface area contributed by atoms with Gasteiger partial charge in [0.15, 0.2) is 0 Å². The van der Waals surface area contributed by atoms with E-state index in [1.807, 2.05) is 11.3 Å². The van der Waals surface area contributed by atoms with E-state index in [9.17, 15) is 0 Å². The molecular formula is C46H29NS. The minimum atomic E-state index is 1.14. The molecule has 0 spiro atoms. The van der Waals surface area contributed by atoms with Crippen molar-refractivity contribution in [1.29, 1.82) is 0 Å². The maximum Gasteiger partial charge on any atom is 0.0540 e. The number of nitrogens with zero attached hydrogens (tertiary/aromatic N) is 1. The molecule has 2 heteroatoms. The molecule has 1 heterocycles. The summed E-state index contributed by atoms with van der Waals surface area (Å²) < 4.78 is 2.62. The van der Waals surface area contributed by atoms with Crippen LogP contribution in [-0.2, 0) is 0 Å². The lowest BCUT2D eigenvalue weighted by Gasteiger charge is -2.27. The van der Waals surface area contributed by atoms with E-state index in [4.69, 9.17) is 0 Å². The van der Waals surface area contributed by atoms with Gasteiger partial charge in [-0.3, -0.25) is 0 Å². The summed E-state index contributed by atoms with van der Waals surface area (Å²) in [6.07, 6.45) is 0. The molecule has 9 aromatic carbocycles. The third-order valence-corrected chi connectivity index (χ3v) is 10.9. The summed E-state index contributed by atoms with van der Waals surface area (Å²) in [4.78, 5) is 2.42. The van der Waals surface area contributed by atoms with Crippen molar-refractivity contribution in [3.63, 3.8) is 0 Å². The van der Waals surface area contributed by atoms with Crippen molar-refractivity contribution < 1.29 is 0 Å². The third kappa shape index (κ3) is 4.24. The standard InChI is InChI=1S/C46H29NS/c1-2-15-33(16-3-1)47(34-22-23-41-43-26-30-12-4-5-13-31(30)28-45(43)48-46(41)29-34)44-25-24-39(37-19-10-11-21-40(37)44)42-27-32-14-6-7-17-35(32)36-18-8-9-20-38(36)42/h1-29H. The second-order valence-electron chi connectivity index (χ2n) is 12.5. The molecule has 0 aliphatic carbocycles. The summed E-state index contributed by atoms with van der Waals surface area (Å²) in [5.74, 6) is 0. The lowest BCUT2D eigenvalue weighted by molar-refractivity contribution is 1.30. The minimum absolute atomic E-state index is 1.14. The lowest BCUT2D eigenvalue weighted by atomic mass is 9.90. The number of thiophene rings is 1. The molecule has 0 saturated carbocycles. The van der Waals surface area contributed by atoms with Crippen molar-refractivity contribution in [2.45, 2.75) is 0 Å². The zero-order valence-electron chi connectivity index (χ0n) is 26.1. The number of fused-ring (bicyclic) bond motifs is 8. The van der Waals surface area contributed by atoms with Crippen LogP contribution in [0.5, 0.6) is 0 Å². The van der Waals surface area contributed by atoms with Crippen LogP contribution in [0.1, 0.15) is 0 Å². The predicted octanol–water partition coefficient (Wildman–Crippen LogP) is 13.8. The monoisotopic (exact) mass is 627 g/mol. The molecule has 10 rings (SSSR count). The van der Waals surface area contributed by atoms with Crippen LogP contribution in [0.2, 0.25) is 0 Å². The van der Waals surface area contributed by atoms with Crippen LogP contribution >= 0.6 is 11.3 Å². The van der Waals surface area contributed by atoms with E-state index in [0.717, 1.165) is 17.1 Å². The molecule has 0 saturated heterocycles. The van der Waals surface area contributed by atoms with Crippen LogP contribution in [0.15, 0.2) is 176 Å². The average Bonchev–Trinajstić information content (AvgIpc) is 3.50. The van der Waals surface area contributed by atoms with E-state index >= 15 is 0 Å². The minimum Gasteiger partial charge on any atom is -0.310 e. The number of hydrogen-bond donors (Lipinski definition) is 0. The van der Waals surface area contributed by atoms with Crippen molar-refractivity contribution in [2.75, 3.05) is 4.90 Å². The van der Waals surface area contributed by atoms with Gasteiger partial charge >= 0.3 is 0 Å². The first-order valence-electron chi connectivity index (χ1n) is 16.4. The quantitative estimate of drug-likeness (QED) is 0.176. The Bertz CT molecular complexity index is 2850. The van der Waals surface area contributed by atoms with Crippen LogP contribution in [0.4, 0.5) is 17.1 Å². The number of benzene rings is 9. The van der Waals surface area contributed by atoms with Gasteiger partial charge in [-0.05, 0) is 97.4 Å². The van der Waals surface area contributed by atoms with E-state index in [2.05, 4.69) is 181 Å². The van der Waals surface area contributed by atoms with Gasteiger partial charge in [0.05, 0.1) is 5.69 Å². The van der Waals surface area contributed by atoms with Crippen LogP contribution in [-0.4, -0.2) is 0 Å². The number of para-hydroxylation sites is 1. The highest BCUT2D eigenvalue weighted by Gasteiger charge is 2.19.